The molecule has 7 heteroatoms. The van der Waals surface area contributed by atoms with Crippen LogP contribution in [0.1, 0.15) is 22.3 Å². The number of hydrogen-bond acceptors (Lipinski definition) is 6. The fourth-order valence-corrected chi connectivity index (χ4v) is 6.00. The summed E-state index contributed by atoms with van der Waals surface area (Å²) in [4.78, 5) is 29.8. The smallest absolute Gasteiger partial charge is 0.164 e. The van der Waals surface area contributed by atoms with Crippen LogP contribution in [-0.2, 0) is 0 Å². The minimum absolute atomic E-state index is 0.558. The Kier molecular flexibility index (Phi) is 8.23. The van der Waals surface area contributed by atoms with Gasteiger partial charge in [0.1, 0.15) is 0 Å². The molecule has 0 N–H and O–H groups in total. The summed E-state index contributed by atoms with van der Waals surface area (Å²) in [5, 5.41) is 0. The highest BCUT2D eigenvalue weighted by molar-refractivity contribution is 9.10. The lowest BCUT2D eigenvalue weighted by Gasteiger charge is -2.12. The number of hydrogen-bond donors (Lipinski definition) is 0. The van der Waals surface area contributed by atoms with Gasteiger partial charge in [0.15, 0.2) is 34.9 Å². The monoisotopic (exact) mass is 674 g/mol. The van der Waals surface area contributed by atoms with Crippen LogP contribution in [0.15, 0.2) is 120 Å². The van der Waals surface area contributed by atoms with E-state index < -0.39 is 0 Å². The summed E-state index contributed by atoms with van der Waals surface area (Å²) in [6, 6.07) is 38.9. The summed E-state index contributed by atoms with van der Waals surface area (Å²) < 4.78 is 0.856. The van der Waals surface area contributed by atoms with Crippen molar-refractivity contribution in [1.82, 2.24) is 29.9 Å². The molecule has 0 bridgehead atoms. The molecule has 7 aromatic rings. The van der Waals surface area contributed by atoms with Crippen molar-refractivity contribution >= 4 is 15.9 Å². The molecule has 0 unspecified atom stereocenters. The number of aromatic nitrogens is 6. The molecule has 47 heavy (non-hydrogen) atoms. The van der Waals surface area contributed by atoms with Gasteiger partial charge in [0, 0.05) is 37.9 Å². The van der Waals surface area contributed by atoms with Crippen molar-refractivity contribution in [2.75, 3.05) is 0 Å². The predicted molar refractivity (Wildman–Crippen MR) is 192 cm³/mol. The lowest BCUT2D eigenvalue weighted by molar-refractivity contribution is 1.07. The fraction of sp³-hybridized carbons (Fsp3) is 0.100. The van der Waals surface area contributed by atoms with Crippen molar-refractivity contribution in [3.63, 3.8) is 0 Å². The Hall–Kier alpha value is -5.40. The molecular weight excluding hydrogens is 644 g/mol. The van der Waals surface area contributed by atoms with Crippen molar-refractivity contribution in [2.45, 2.75) is 27.7 Å². The van der Waals surface area contributed by atoms with E-state index in [1.165, 1.54) is 0 Å². The Morgan fingerprint density at radius 3 is 0.830 bits per heavy atom. The second-order valence-electron chi connectivity index (χ2n) is 11.8. The lowest BCUT2D eigenvalue weighted by Crippen LogP contribution is -2.02. The third-order valence-corrected chi connectivity index (χ3v) is 8.25. The van der Waals surface area contributed by atoms with Crippen LogP contribution in [0.25, 0.3) is 68.3 Å². The molecule has 0 aliphatic rings. The van der Waals surface area contributed by atoms with Gasteiger partial charge in [0.2, 0.25) is 0 Å². The molecule has 2 heterocycles. The Morgan fingerprint density at radius 2 is 0.574 bits per heavy atom. The maximum Gasteiger partial charge on any atom is 0.164 e. The molecular formula is C40H31BrN6. The number of halogens is 1. The molecule has 0 radical (unpaired) electrons. The van der Waals surface area contributed by atoms with E-state index in [1.807, 2.05) is 66.7 Å². The van der Waals surface area contributed by atoms with Crippen LogP contribution in [0.3, 0.4) is 0 Å². The Bertz CT molecular complexity index is 2000. The average Bonchev–Trinajstić information content (AvgIpc) is 3.07. The first-order valence-electron chi connectivity index (χ1n) is 15.4. The van der Waals surface area contributed by atoms with Gasteiger partial charge in [-0.25, -0.2) is 29.9 Å². The van der Waals surface area contributed by atoms with Crippen LogP contribution in [0.5, 0.6) is 0 Å². The van der Waals surface area contributed by atoms with Crippen LogP contribution in [0.4, 0.5) is 0 Å². The summed E-state index contributed by atoms with van der Waals surface area (Å²) in [5.41, 5.74) is 9.89. The standard InChI is InChI=1S/C40H31BrN6/c1-24-9-5-13-28(17-24)35-42-36(29-14-6-10-25(2)18-29)45-39(44-35)32-21-33(23-34(41)22-32)40-46-37(30-15-7-11-26(3)19-30)43-38(47-40)31-16-8-12-27(4)20-31/h5-23H,1-4H3. The molecule has 228 valence electrons. The molecule has 0 spiro atoms. The van der Waals surface area contributed by atoms with Crippen LogP contribution >= 0.6 is 15.9 Å². The van der Waals surface area contributed by atoms with E-state index in [9.17, 15) is 0 Å². The maximum absolute atomic E-state index is 4.99. The highest BCUT2D eigenvalue weighted by Crippen LogP contribution is 2.32. The van der Waals surface area contributed by atoms with E-state index in [0.29, 0.717) is 34.9 Å². The zero-order chi connectivity index (χ0) is 32.5. The molecule has 0 saturated carbocycles. The molecule has 2 aromatic heterocycles. The van der Waals surface area contributed by atoms with Crippen molar-refractivity contribution in [3.05, 3.63) is 142 Å². The minimum atomic E-state index is 0.558. The predicted octanol–water partition coefficient (Wildman–Crippen LogP) is 10.1. The van der Waals surface area contributed by atoms with Gasteiger partial charge >= 0.3 is 0 Å². The van der Waals surface area contributed by atoms with Crippen molar-refractivity contribution in [1.29, 1.82) is 0 Å². The number of benzene rings is 5. The third-order valence-electron chi connectivity index (χ3n) is 7.79. The Labute approximate surface area is 282 Å². The van der Waals surface area contributed by atoms with E-state index in [1.54, 1.807) is 0 Å². The number of rotatable bonds is 6. The normalized spacial score (nSPS) is 11.1. The van der Waals surface area contributed by atoms with Crippen molar-refractivity contribution in [2.24, 2.45) is 0 Å². The summed E-state index contributed by atoms with van der Waals surface area (Å²) in [5.74, 6) is 3.56. The molecule has 0 fully saturated rings. The Balaban J connectivity index is 1.41. The van der Waals surface area contributed by atoms with E-state index in [2.05, 4.69) is 92.2 Å². The summed E-state index contributed by atoms with van der Waals surface area (Å²) in [6.45, 7) is 8.27. The molecule has 0 amide bonds. The van der Waals surface area contributed by atoms with Crippen molar-refractivity contribution in [3.8, 4) is 68.3 Å². The average molecular weight is 676 g/mol. The molecule has 0 aliphatic carbocycles. The lowest BCUT2D eigenvalue weighted by atomic mass is 10.1. The highest BCUT2D eigenvalue weighted by Gasteiger charge is 2.17. The van der Waals surface area contributed by atoms with E-state index >= 15 is 0 Å². The minimum Gasteiger partial charge on any atom is -0.208 e. The van der Waals surface area contributed by atoms with Crippen LogP contribution in [0.2, 0.25) is 0 Å². The first-order chi connectivity index (χ1) is 22.8. The number of nitrogens with zero attached hydrogens (tertiary/aromatic N) is 6. The molecule has 0 aliphatic heterocycles. The molecule has 0 atom stereocenters. The van der Waals surface area contributed by atoms with Gasteiger partial charge in [-0.1, -0.05) is 111 Å². The van der Waals surface area contributed by atoms with Crippen LogP contribution < -0.4 is 0 Å². The van der Waals surface area contributed by atoms with Gasteiger partial charge in [0.05, 0.1) is 0 Å². The first-order valence-corrected chi connectivity index (χ1v) is 16.2. The van der Waals surface area contributed by atoms with Gasteiger partial charge in [-0.05, 0) is 70.2 Å². The molecule has 6 nitrogen and oxygen atoms in total. The quantitative estimate of drug-likeness (QED) is 0.175. The zero-order valence-corrected chi connectivity index (χ0v) is 28.1. The Morgan fingerprint density at radius 1 is 0.319 bits per heavy atom. The largest absolute Gasteiger partial charge is 0.208 e. The second-order valence-corrected chi connectivity index (χ2v) is 12.7. The van der Waals surface area contributed by atoms with Crippen LogP contribution in [0, 0.1) is 27.7 Å². The first kappa shape index (κ1) is 30.3. The molecule has 0 saturated heterocycles. The summed E-state index contributed by atoms with van der Waals surface area (Å²) in [6.07, 6.45) is 0. The molecule has 5 aromatic carbocycles. The topological polar surface area (TPSA) is 77.3 Å². The maximum atomic E-state index is 4.99. The van der Waals surface area contributed by atoms with E-state index in [-0.39, 0.29) is 0 Å². The van der Waals surface area contributed by atoms with Gasteiger partial charge in [-0.3, -0.25) is 0 Å². The number of aryl methyl sites for hydroxylation is 4. The summed E-state index contributed by atoms with van der Waals surface area (Å²) >= 11 is 3.76. The van der Waals surface area contributed by atoms with Crippen LogP contribution in [-0.4, -0.2) is 29.9 Å². The second kappa shape index (κ2) is 12.8. The summed E-state index contributed by atoms with van der Waals surface area (Å²) in [7, 11) is 0. The van der Waals surface area contributed by atoms with E-state index in [4.69, 9.17) is 29.9 Å². The molecule has 7 rings (SSSR count). The van der Waals surface area contributed by atoms with Crippen molar-refractivity contribution < 1.29 is 0 Å². The van der Waals surface area contributed by atoms with E-state index in [0.717, 1.165) is 60.1 Å². The SMILES string of the molecule is Cc1cccc(-c2nc(-c3cccc(C)c3)nc(-c3cc(Br)cc(-c4nc(-c5cccc(C)c5)nc(-c5cccc(C)c5)n4)c3)n2)c1. The fourth-order valence-electron chi connectivity index (χ4n) is 5.51. The van der Waals surface area contributed by atoms with Gasteiger partial charge in [-0.2, -0.15) is 0 Å². The zero-order valence-electron chi connectivity index (χ0n) is 26.5. The van der Waals surface area contributed by atoms with Gasteiger partial charge in [-0.15, -0.1) is 0 Å². The highest BCUT2D eigenvalue weighted by atomic mass is 79.9. The van der Waals surface area contributed by atoms with Gasteiger partial charge in [0.25, 0.3) is 0 Å². The third kappa shape index (κ3) is 6.76. The van der Waals surface area contributed by atoms with Gasteiger partial charge < -0.3 is 0 Å².